The lowest BCUT2D eigenvalue weighted by Gasteiger charge is -2.22. The van der Waals surface area contributed by atoms with Crippen molar-refractivity contribution in [1.82, 2.24) is 19.9 Å². The highest BCUT2D eigenvalue weighted by Crippen LogP contribution is 2.37. The number of anilines is 1. The number of carbonyl (C=O) groups excluding carboxylic acids is 1. The van der Waals surface area contributed by atoms with Gasteiger partial charge in [0.2, 0.25) is 0 Å². The number of aryl methyl sites for hydroxylation is 1. The van der Waals surface area contributed by atoms with Gasteiger partial charge in [-0.25, -0.2) is 28.5 Å². The molecule has 0 radical (unpaired) electrons. The average molecular weight is 552 g/mol. The van der Waals surface area contributed by atoms with Gasteiger partial charge in [0, 0.05) is 23.1 Å². The molecular formula is C27H23F2N5O4S. The predicted octanol–water partition coefficient (Wildman–Crippen LogP) is 6.30. The molecule has 0 aliphatic heterocycles. The molecule has 0 fully saturated rings. The zero-order valence-electron chi connectivity index (χ0n) is 21.4. The Bertz CT molecular complexity index is 1680. The minimum absolute atomic E-state index is 0.0278. The lowest BCUT2D eigenvalue weighted by atomic mass is 10.1. The second-order valence-corrected chi connectivity index (χ2v) is 9.78. The first-order valence-electron chi connectivity index (χ1n) is 11.9. The summed E-state index contributed by atoms with van der Waals surface area (Å²) in [6, 6.07) is 7.18. The number of thiazole rings is 1. The fourth-order valence-corrected chi connectivity index (χ4v) is 4.76. The van der Waals surface area contributed by atoms with Crippen molar-refractivity contribution >= 4 is 44.2 Å². The van der Waals surface area contributed by atoms with Crippen molar-refractivity contribution in [1.29, 1.82) is 0 Å². The highest BCUT2D eigenvalue weighted by Gasteiger charge is 2.22. The Morgan fingerprint density at radius 1 is 1.00 bits per heavy atom. The molecule has 3 heterocycles. The first-order chi connectivity index (χ1) is 18.7. The smallest absolute Gasteiger partial charge is 0.412 e. The number of ether oxygens (including phenoxy) is 3. The van der Waals surface area contributed by atoms with Crippen LogP contribution in [0.2, 0.25) is 0 Å². The molecule has 9 nitrogen and oxygen atoms in total. The topological polar surface area (TPSA) is 108 Å². The summed E-state index contributed by atoms with van der Waals surface area (Å²) < 4.78 is 46.4. The number of hydrogen-bond acceptors (Lipinski definition) is 9. The van der Waals surface area contributed by atoms with Gasteiger partial charge in [0.15, 0.2) is 11.6 Å². The molecule has 3 aromatic heterocycles. The third-order valence-corrected chi connectivity index (χ3v) is 6.98. The Morgan fingerprint density at radius 3 is 2.51 bits per heavy atom. The van der Waals surface area contributed by atoms with Crippen molar-refractivity contribution in [3.63, 3.8) is 0 Å². The summed E-state index contributed by atoms with van der Waals surface area (Å²) in [5, 5.41) is 3.57. The molecule has 0 bridgehead atoms. The van der Waals surface area contributed by atoms with Crippen LogP contribution >= 0.6 is 11.3 Å². The van der Waals surface area contributed by atoms with Crippen molar-refractivity contribution in [3.05, 3.63) is 66.4 Å². The summed E-state index contributed by atoms with van der Waals surface area (Å²) >= 11 is 1.25. The quantitative estimate of drug-likeness (QED) is 0.251. The number of nitrogens with zero attached hydrogens (tertiary/aromatic N) is 4. The summed E-state index contributed by atoms with van der Waals surface area (Å²) in [5.74, 6) is -0.0468. The van der Waals surface area contributed by atoms with Crippen LogP contribution < -0.4 is 14.8 Å². The van der Waals surface area contributed by atoms with E-state index in [2.05, 4.69) is 25.3 Å². The molecule has 0 aliphatic rings. The van der Waals surface area contributed by atoms with Crippen LogP contribution in [0, 0.1) is 18.6 Å². The summed E-state index contributed by atoms with van der Waals surface area (Å²) in [5.41, 5.74) is 1.80. The van der Waals surface area contributed by atoms with E-state index in [1.807, 2.05) is 0 Å². The number of hydrogen-bond donors (Lipinski definition) is 1. The van der Waals surface area contributed by atoms with Gasteiger partial charge in [-0.05, 0) is 39.0 Å². The van der Waals surface area contributed by atoms with Crippen molar-refractivity contribution in [2.24, 2.45) is 0 Å². The molecular weight excluding hydrogens is 528 g/mol. The summed E-state index contributed by atoms with van der Waals surface area (Å²) in [7, 11) is 1.51. The Morgan fingerprint density at radius 2 is 1.77 bits per heavy atom. The molecule has 0 saturated carbocycles. The van der Waals surface area contributed by atoms with Gasteiger partial charge in [-0.15, -0.1) is 11.3 Å². The number of carbonyl (C=O) groups is 1. The molecule has 1 N–H and O–H groups in total. The van der Waals surface area contributed by atoms with Gasteiger partial charge in [0.05, 0.1) is 47.1 Å². The van der Waals surface area contributed by atoms with E-state index in [0.29, 0.717) is 49.0 Å². The van der Waals surface area contributed by atoms with E-state index in [4.69, 9.17) is 14.2 Å². The number of halogens is 2. The van der Waals surface area contributed by atoms with Crippen LogP contribution in [0.1, 0.15) is 19.7 Å². The molecule has 5 aromatic rings. The number of methoxy groups -OCH3 is 1. The number of rotatable bonds is 7. The number of nitrogens with one attached hydrogen (secondary N) is 1. The Labute approximate surface area is 225 Å². The number of fused-ring (bicyclic) bond motifs is 2. The highest BCUT2D eigenvalue weighted by molar-refractivity contribution is 7.21. The number of aromatic nitrogens is 4. The van der Waals surface area contributed by atoms with Gasteiger partial charge in [-0.2, -0.15) is 0 Å². The van der Waals surface area contributed by atoms with Gasteiger partial charge >= 0.3 is 6.09 Å². The second-order valence-electron chi connectivity index (χ2n) is 8.75. The van der Waals surface area contributed by atoms with Crippen LogP contribution in [-0.4, -0.2) is 45.3 Å². The SMILES string of the molecule is COc1cnc2c(-c3nc4cc(F)c(O[C@@H](C)[C@@H](C)OC(=O)Nc5cnc(C)nc5)cc4s3)cc(F)cc2c1. The maximum atomic E-state index is 15.0. The average Bonchev–Trinajstić information content (AvgIpc) is 3.31. The van der Waals surface area contributed by atoms with E-state index in [1.165, 1.54) is 55.1 Å². The van der Waals surface area contributed by atoms with E-state index < -0.39 is 29.9 Å². The summed E-state index contributed by atoms with van der Waals surface area (Å²) in [4.78, 5) is 29.2. The molecule has 12 heteroatoms. The van der Waals surface area contributed by atoms with Gasteiger partial charge in [0.1, 0.15) is 34.6 Å². The minimum Gasteiger partial charge on any atom is -0.495 e. The Kier molecular flexibility index (Phi) is 7.20. The lowest BCUT2D eigenvalue weighted by molar-refractivity contribution is 0.0402. The van der Waals surface area contributed by atoms with Gasteiger partial charge in [-0.3, -0.25) is 10.3 Å². The monoisotopic (exact) mass is 551 g/mol. The van der Waals surface area contributed by atoms with Crippen molar-refractivity contribution in [2.45, 2.75) is 33.0 Å². The normalized spacial score (nSPS) is 12.8. The third kappa shape index (κ3) is 5.70. The van der Waals surface area contributed by atoms with E-state index in [9.17, 15) is 13.6 Å². The molecule has 0 aliphatic carbocycles. The van der Waals surface area contributed by atoms with Gasteiger partial charge < -0.3 is 14.2 Å². The largest absolute Gasteiger partial charge is 0.495 e. The third-order valence-electron chi connectivity index (χ3n) is 5.93. The molecule has 2 aromatic carbocycles. The lowest BCUT2D eigenvalue weighted by Crippen LogP contribution is -2.32. The van der Waals surface area contributed by atoms with E-state index in [0.717, 1.165) is 0 Å². The van der Waals surface area contributed by atoms with Gasteiger partial charge in [0.25, 0.3) is 0 Å². The van der Waals surface area contributed by atoms with Crippen LogP contribution in [-0.2, 0) is 4.74 Å². The predicted molar refractivity (Wildman–Crippen MR) is 143 cm³/mol. The molecule has 2 atom stereocenters. The molecule has 5 rings (SSSR count). The Balaban J connectivity index is 1.34. The van der Waals surface area contributed by atoms with Crippen molar-refractivity contribution in [3.8, 4) is 22.1 Å². The number of benzene rings is 2. The molecule has 0 spiro atoms. The summed E-state index contributed by atoms with van der Waals surface area (Å²) in [6.45, 7) is 5.02. The molecule has 39 heavy (non-hydrogen) atoms. The van der Waals surface area contributed by atoms with E-state index in [-0.39, 0.29) is 5.75 Å². The van der Waals surface area contributed by atoms with E-state index >= 15 is 0 Å². The van der Waals surface area contributed by atoms with Crippen LogP contribution in [0.5, 0.6) is 11.5 Å². The minimum atomic E-state index is -0.720. The van der Waals surface area contributed by atoms with Crippen molar-refractivity contribution < 1.29 is 27.8 Å². The molecule has 0 unspecified atom stereocenters. The molecule has 1 amide bonds. The van der Waals surface area contributed by atoms with Crippen LogP contribution in [0.15, 0.2) is 48.9 Å². The zero-order chi connectivity index (χ0) is 27.7. The summed E-state index contributed by atoms with van der Waals surface area (Å²) in [6.07, 6.45) is 2.34. The zero-order valence-corrected chi connectivity index (χ0v) is 22.2. The maximum absolute atomic E-state index is 15.0. The number of amides is 1. The fraction of sp³-hybridized carbons (Fsp3) is 0.222. The fourth-order valence-electron chi connectivity index (χ4n) is 3.77. The van der Waals surface area contributed by atoms with Crippen LogP contribution in [0.3, 0.4) is 0 Å². The molecule has 200 valence electrons. The second kappa shape index (κ2) is 10.7. The van der Waals surface area contributed by atoms with E-state index in [1.54, 1.807) is 33.0 Å². The highest BCUT2D eigenvalue weighted by atomic mass is 32.1. The van der Waals surface area contributed by atoms with Gasteiger partial charge in [-0.1, -0.05) is 0 Å². The maximum Gasteiger partial charge on any atom is 0.412 e. The van der Waals surface area contributed by atoms with Crippen LogP contribution in [0.4, 0.5) is 19.3 Å². The molecule has 0 saturated heterocycles. The van der Waals surface area contributed by atoms with Crippen LogP contribution in [0.25, 0.3) is 31.7 Å². The Hall–Kier alpha value is -4.45. The van der Waals surface area contributed by atoms with Crippen molar-refractivity contribution in [2.75, 3.05) is 12.4 Å². The first kappa shape index (κ1) is 26.2. The first-order valence-corrected chi connectivity index (χ1v) is 12.7. The standard InChI is InChI=1S/C27H23F2N5O4S/c1-13(14(2)38-27(35)33-18-10-30-15(3)31-11-18)37-23-9-24-22(8-21(23)29)34-26(39-24)20-7-17(28)5-16-6-19(36-4)12-32-25(16)20/h5-14H,1-4H3,(H,33,35)/t13-,14+/m0/s1. The number of pyridine rings is 1.